The SMILES string of the molecule is CC(C(C)(C)OOC(=O)c1ccccc1)C(C)(C)OOC(=O)c1ccccc1. The van der Waals surface area contributed by atoms with Crippen molar-refractivity contribution in [2.24, 2.45) is 5.92 Å². The average molecular weight is 386 g/mol. The van der Waals surface area contributed by atoms with Crippen LogP contribution in [0.25, 0.3) is 0 Å². The van der Waals surface area contributed by atoms with Crippen LogP contribution in [0.1, 0.15) is 55.3 Å². The smallest absolute Gasteiger partial charge is 0.292 e. The zero-order valence-corrected chi connectivity index (χ0v) is 16.8. The maximum atomic E-state index is 12.1. The van der Waals surface area contributed by atoms with Crippen LogP contribution in [0.15, 0.2) is 60.7 Å². The number of hydrogen-bond acceptors (Lipinski definition) is 6. The van der Waals surface area contributed by atoms with Gasteiger partial charge in [-0.15, -0.1) is 0 Å². The summed E-state index contributed by atoms with van der Waals surface area (Å²) in [5, 5.41) is 0. The minimum atomic E-state index is -0.910. The molecule has 28 heavy (non-hydrogen) atoms. The van der Waals surface area contributed by atoms with Gasteiger partial charge < -0.3 is 0 Å². The molecule has 0 saturated carbocycles. The Bertz CT molecular complexity index is 716. The fourth-order valence-electron chi connectivity index (χ4n) is 2.52. The van der Waals surface area contributed by atoms with Crippen LogP contribution in [-0.4, -0.2) is 23.1 Å². The Morgan fingerprint density at radius 1 is 0.679 bits per heavy atom. The van der Waals surface area contributed by atoms with Crippen molar-refractivity contribution in [1.82, 2.24) is 0 Å². The van der Waals surface area contributed by atoms with E-state index < -0.39 is 23.1 Å². The van der Waals surface area contributed by atoms with Crippen molar-refractivity contribution < 1.29 is 29.1 Å². The molecule has 2 aromatic rings. The molecule has 0 aliphatic rings. The molecule has 6 nitrogen and oxygen atoms in total. The van der Waals surface area contributed by atoms with Crippen molar-refractivity contribution in [3.05, 3.63) is 71.8 Å². The number of benzene rings is 2. The van der Waals surface area contributed by atoms with Gasteiger partial charge in [-0.1, -0.05) is 43.3 Å². The average Bonchev–Trinajstić information content (AvgIpc) is 2.71. The summed E-state index contributed by atoms with van der Waals surface area (Å²) >= 11 is 0. The Balaban J connectivity index is 1.94. The Hall–Kier alpha value is -2.70. The number of hydrogen-bond donors (Lipinski definition) is 0. The van der Waals surface area contributed by atoms with Crippen LogP contribution in [0.2, 0.25) is 0 Å². The lowest BCUT2D eigenvalue weighted by molar-refractivity contribution is -0.367. The maximum absolute atomic E-state index is 12.1. The fraction of sp³-hybridized carbons (Fsp3) is 0.364. The van der Waals surface area contributed by atoms with Crippen molar-refractivity contribution in [3.8, 4) is 0 Å². The summed E-state index contributed by atoms with van der Waals surface area (Å²) in [6.45, 7) is 8.91. The van der Waals surface area contributed by atoms with Crippen molar-refractivity contribution in [3.63, 3.8) is 0 Å². The molecule has 0 bridgehead atoms. The first kappa shape index (κ1) is 21.6. The molecule has 0 amide bonds. The number of rotatable bonds is 8. The largest absolute Gasteiger partial charge is 0.373 e. The van der Waals surface area contributed by atoms with Gasteiger partial charge in [-0.05, 0) is 52.0 Å². The van der Waals surface area contributed by atoms with Gasteiger partial charge in [0.1, 0.15) is 11.2 Å². The lowest BCUT2D eigenvalue weighted by atomic mass is 9.80. The monoisotopic (exact) mass is 386 g/mol. The van der Waals surface area contributed by atoms with Gasteiger partial charge in [0.25, 0.3) is 0 Å². The third-order valence-corrected chi connectivity index (χ3v) is 4.77. The van der Waals surface area contributed by atoms with Crippen LogP contribution >= 0.6 is 0 Å². The van der Waals surface area contributed by atoms with Crippen LogP contribution < -0.4 is 0 Å². The van der Waals surface area contributed by atoms with Crippen molar-refractivity contribution >= 4 is 11.9 Å². The van der Waals surface area contributed by atoms with Crippen LogP contribution in [0, 0.1) is 5.92 Å². The molecular weight excluding hydrogens is 360 g/mol. The van der Waals surface area contributed by atoms with Gasteiger partial charge in [0.2, 0.25) is 0 Å². The molecule has 0 aliphatic carbocycles. The lowest BCUT2D eigenvalue weighted by Crippen LogP contribution is -2.47. The van der Waals surface area contributed by atoms with E-state index in [4.69, 9.17) is 19.6 Å². The highest BCUT2D eigenvalue weighted by atomic mass is 17.2. The van der Waals surface area contributed by atoms with E-state index in [0.717, 1.165) is 0 Å². The molecule has 0 aliphatic heterocycles. The molecule has 2 rings (SSSR count). The molecule has 0 aromatic heterocycles. The molecule has 0 saturated heterocycles. The molecule has 0 radical (unpaired) electrons. The second-order valence-corrected chi connectivity index (χ2v) is 7.57. The van der Waals surface area contributed by atoms with Gasteiger partial charge in [0, 0.05) is 5.92 Å². The highest BCUT2D eigenvalue weighted by Crippen LogP contribution is 2.34. The summed E-state index contributed by atoms with van der Waals surface area (Å²) < 4.78 is 0. The van der Waals surface area contributed by atoms with Crippen molar-refractivity contribution in [2.45, 2.75) is 45.8 Å². The molecule has 0 heterocycles. The van der Waals surface area contributed by atoms with Crippen molar-refractivity contribution in [1.29, 1.82) is 0 Å². The molecule has 2 aromatic carbocycles. The molecule has 0 N–H and O–H groups in total. The summed E-state index contributed by atoms with van der Waals surface area (Å²) in [5.41, 5.74) is -1.04. The van der Waals surface area contributed by atoms with Crippen LogP contribution in [-0.2, 0) is 19.6 Å². The topological polar surface area (TPSA) is 71.1 Å². The summed E-state index contributed by atoms with van der Waals surface area (Å²) in [6.07, 6.45) is 0. The summed E-state index contributed by atoms with van der Waals surface area (Å²) in [4.78, 5) is 45.0. The minimum Gasteiger partial charge on any atom is -0.292 e. The summed E-state index contributed by atoms with van der Waals surface area (Å²) in [7, 11) is 0. The maximum Gasteiger partial charge on any atom is 0.373 e. The second kappa shape index (κ2) is 8.99. The van der Waals surface area contributed by atoms with Crippen molar-refractivity contribution in [2.75, 3.05) is 0 Å². The van der Waals surface area contributed by atoms with Gasteiger partial charge in [-0.3, -0.25) is 9.78 Å². The first-order valence-electron chi connectivity index (χ1n) is 9.03. The molecular formula is C22H26O6. The van der Waals surface area contributed by atoms with E-state index in [2.05, 4.69) is 0 Å². The van der Waals surface area contributed by atoms with E-state index in [1.807, 2.05) is 6.92 Å². The first-order valence-corrected chi connectivity index (χ1v) is 9.03. The van der Waals surface area contributed by atoms with Gasteiger partial charge >= 0.3 is 11.9 Å². The third-order valence-electron chi connectivity index (χ3n) is 4.77. The van der Waals surface area contributed by atoms with E-state index in [1.54, 1.807) is 88.4 Å². The normalized spacial score (nSPS) is 11.9. The third kappa shape index (κ3) is 5.65. The first-order chi connectivity index (χ1) is 13.1. The summed E-state index contributed by atoms with van der Waals surface area (Å²) in [5.74, 6) is -1.49. The van der Waals surface area contributed by atoms with Crippen LogP contribution in [0.5, 0.6) is 0 Å². The Labute approximate surface area is 165 Å². The number of carbonyl (C=O) groups excluding carboxylic acids is 2. The quantitative estimate of drug-likeness (QED) is 0.481. The molecule has 6 heteroatoms. The van der Waals surface area contributed by atoms with Crippen LogP contribution in [0.4, 0.5) is 0 Å². The van der Waals surface area contributed by atoms with E-state index in [9.17, 15) is 9.59 Å². The zero-order valence-electron chi connectivity index (χ0n) is 16.8. The van der Waals surface area contributed by atoms with E-state index in [1.165, 1.54) is 0 Å². The van der Waals surface area contributed by atoms with Gasteiger partial charge in [-0.2, -0.15) is 9.78 Å². The molecule has 150 valence electrons. The highest BCUT2D eigenvalue weighted by Gasteiger charge is 2.43. The molecule has 0 unspecified atom stereocenters. The van der Waals surface area contributed by atoms with E-state index in [0.29, 0.717) is 11.1 Å². The Morgan fingerprint density at radius 2 is 1.00 bits per heavy atom. The van der Waals surface area contributed by atoms with E-state index >= 15 is 0 Å². The van der Waals surface area contributed by atoms with E-state index in [-0.39, 0.29) is 5.92 Å². The molecule has 0 fully saturated rings. The van der Waals surface area contributed by atoms with Crippen LogP contribution in [0.3, 0.4) is 0 Å². The lowest BCUT2D eigenvalue weighted by Gasteiger charge is -2.38. The second-order valence-electron chi connectivity index (χ2n) is 7.57. The number of carbonyl (C=O) groups is 2. The highest BCUT2D eigenvalue weighted by molar-refractivity contribution is 5.89. The zero-order chi connectivity index (χ0) is 20.8. The fourth-order valence-corrected chi connectivity index (χ4v) is 2.52. The standard InChI is InChI=1S/C22H26O6/c1-16(21(2,3)27-25-19(23)17-12-8-6-9-13-17)22(4,5)28-26-20(24)18-14-10-7-11-15-18/h6-16H,1-5H3. The molecule has 0 spiro atoms. The Morgan fingerprint density at radius 3 is 1.32 bits per heavy atom. The van der Waals surface area contributed by atoms with Gasteiger partial charge in [0.05, 0.1) is 11.1 Å². The predicted molar refractivity (Wildman–Crippen MR) is 103 cm³/mol. The minimum absolute atomic E-state index is 0.313. The van der Waals surface area contributed by atoms with Gasteiger partial charge in [0.15, 0.2) is 0 Å². The van der Waals surface area contributed by atoms with Gasteiger partial charge in [-0.25, -0.2) is 9.59 Å². The molecule has 0 atom stereocenters. The predicted octanol–water partition coefficient (Wildman–Crippen LogP) is 4.76. The summed E-state index contributed by atoms with van der Waals surface area (Å²) in [6, 6.07) is 17.1. The Kier molecular flexibility index (Phi) is 6.94.